The SMILES string of the molecule is CC(=O)c1ccc(CNc2ccc(Br)c(C)n2)nc1C. The van der Waals surface area contributed by atoms with Crippen molar-refractivity contribution in [3.05, 3.63) is 51.4 Å². The lowest BCUT2D eigenvalue weighted by Gasteiger charge is -2.08. The van der Waals surface area contributed by atoms with Crippen molar-refractivity contribution in [2.24, 2.45) is 0 Å². The number of carbonyl (C=O) groups excluding carboxylic acids is 1. The van der Waals surface area contributed by atoms with E-state index in [0.29, 0.717) is 12.1 Å². The van der Waals surface area contributed by atoms with Gasteiger partial charge < -0.3 is 5.32 Å². The molecule has 1 N–H and O–H groups in total. The molecule has 0 radical (unpaired) electrons. The lowest BCUT2D eigenvalue weighted by Crippen LogP contribution is -2.07. The van der Waals surface area contributed by atoms with Gasteiger partial charge >= 0.3 is 0 Å². The number of hydrogen-bond donors (Lipinski definition) is 1. The molecular formula is C15H16BrN3O. The van der Waals surface area contributed by atoms with Crippen molar-refractivity contribution in [3.8, 4) is 0 Å². The van der Waals surface area contributed by atoms with Crippen LogP contribution in [0.2, 0.25) is 0 Å². The molecule has 0 aliphatic rings. The molecule has 20 heavy (non-hydrogen) atoms. The molecule has 0 spiro atoms. The highest BCUT2D eigenvalue weighted by atomic mass is 79.9. The van der Waals surface area contributed by atoms with Gasteiger partial charge in [-0.25, -0.2) is 4.98 Å². The van der Waals surface area contributed by atoms with Crippen LogP contribution in [-0.4, -0.2) is 15.8 Å². The second kappa shape index (κ2) is 6.13. The molecule has 0 amide bonds. The Morgan fingerprint density at radius 3 is 2.50 bits per heavy atom. The molecule has 2 aromatic heterocycles. The van der Waals surface area contributed by atoms with Crippen molar-refractivity contribution < 1.29 is 4.79 Å². The van der Waals surface area contributed by atoms with Crippen LogP contribution >= 0.6 is 15.9 Å². The van der Waals surface area contributed by atoms with Gasteiger partial charge in [0.2, 0.25) is 0 Å². The van der Waals surface area contributed by atoms with Gasteiger partial charge in [0.15, 0.2) is 5.78 Å². The van der Waals surface area contributed by atoms with Crippen LogP contribution < -0.4 is 5.32 Å². The fourth-order valence-electron chi connectivity index (χ4n) is 1.91. The number of aryl methyl sites for hydroxylation is 2. The molecule has 0 aliphatic carbocycles. The molecule has 0 bridgehead atoms. The van der Waals surface area contributed by atoms with Crippen molar-refractivity contribution >= 4 is 27.5 Å². The zero-order valence-corrected chi connectivity index (χ0v) is 13.3. The first-order valence-corrected chi connectivity index (χ1v) is 7.11. The third kappa shape index (κ3) is 3.42. The minimum Gasteiger partial charge on any atom is -0.364 e. The molecule has 0 aliphatic heterocycles. The van der Waals surface area contributed by atoms with E-state index in [0.717, 1.165) is 27.4 Å². The number of anilines is 1. The maximum atomic E-state index is 11.4. The van der Waals surface area contributed by atoms with Crippen molar-refractivity contribution in [1.82, 2.24) is 9.97 Å². The van der Waals surface area contributed by atoms with E-state index in [-0.39, 0.29) is 5.78 Å². The quantitative estimate of drug-likeness (QED) is 0.867. The number of Topliss-reactive ketones (excluding diaryl/α,β-unsaturated/α-hetero) is 1. The highest BCUT2D eigenvalue weighted by molar-refractivity contribution is 9.10. The summed E-state index contributed by atoms with van der Waals surface area (Å²) in [6.07, 6.45) is 0. The lowest BCUT2D eigenvalue weighted by molar-refractivity contribution is 0.101. The maximum absolute atomic E-state index is 11.4. The summed E-state index contributed by atoms with van der Waals surface area (Å²) < 4.78 is 0.989. The van der Waals surface area contributed by atoms with Gasteiger partial charge in [0.1, 0.15) is 5.82 Å². The van der Waals surface area contributed by atoms with E-state index >= 15 is 0 Å². The number of halogens is 1. The second-order valence-corrected chi connectivity index (χ2v) is 5.46. The van der Waals surface area contributed by atoms with Crippen LogP contribution in [0.25, 0.3) is 0 Å². The van der Waals surface area contributed by atoms with E-state index in [2.05, 4.69) is 31.2 Å². The summed E-state index contributed by atoms with van der Waals surface area (Å²) in [6.45, 7) is 5.92. The molecule has 5 heteroatoms. The predicted octanol–water partition coefficient (Wildman–Crippen LogP) is 3.67. The second-order valence-electron chi connectivity index (χ2n) is 4.61. The first kappa shape index (κ1) is 14.7. The fraction of sp³-hybridized carbons (Fsp3) is 0.267. The van der Waals surface area contributed by atoms with Gasteiger partial charge in [-0.05, 0) is 61.0 Å². The van der Waals surface area contributed by atoms with E-state index in [1.165, 1.54) is 0 Å². The minimum absolute atomic E-state index is 0.0414. The molecule has 2 rings (SSSR count). The molecule has 2 aromatic rings. The summed E-state index contributed by atoms with van der Waals surface area (Å²) in [5.74, 6) is 0.848. The number of carbonyl (C=O) groups is 1. The average molecular weight is 334 g/mol. The Bertz CT molecular complexity index is 656. The monoisotopic (exact) mass is 333 g/mol. The number of ketones is 1. The highest BCUT2D eigenvalue weighted by Crippen LogP contribution is 2.16. The van der Waals surface area contributed by atoms with Crippen LogP contribution in [0, 0.1) is 13.8 Å². The van der Waals surface area contributed by atoms with Gasteiger partial charge in [-0.2, -0.15) is 0 Å². The number of rotatable bonds is 4. The molecule has 0 saturated carbocycles. The topological polar surface area (TPSA) is 54.9 Å². The molecule has 0 atom stereocenters. The Hall–Kier alpha value is -1.75. The van der Waals surface area contributed by atoms with Gasteiger partial charge in [0.05, 0.1) is 17.9 Å². The lowest BCUT2D eigenvalue weighted by atomic mass is 10.1. The standard InChI is InChI=1S/C15H16BrN3O/c1-9-13(11(3)20)5-4-12(18-9)8-17-15-7-6-14(16)10(2)19-15/h4-7H,8H2,1-3H3,(H,17,19). The molecule has 4 nitrogen and oxygen atoms in total. The van der Waals surface area contributed by atoms with Gasteiger partial charge in [0, 0.05) is 15.7 Å². The molecule has 0 saturated heterocycles. The molecule has 0 aromatic carbocycles. The Morgan fingerprint density at radius 2 is 1.90 bits per heavy atom. The first-order chi connectivity index (χ1) is 9.47. The normalized spacial score (nSPS) is 10.4. The summed E-state index contributed by atoms with van der Waals surface area (Å²) in [4.78, 5) is 20.2. The number of nitrogens with zero attached hydrogens (tertiary/aromatic N) is 2. The van der Waals surface area contributed by atoms with E-state index in [1.807, 2.05) is 38.1 Å². The third-order valence-electron chi connectivity index (χ3n) is 2.99. The summed E-state index contributed by atoms with van der Waals surface area (Å²) in [5, 5.41) is 3.23. The zero-order chi connectivity index (χ0) is 14.7. The van der Waals surface area contributed by atoms with Crippen LogP contribution in [0.4, 0.5) is 5.82 Å². The largest absolute Gasteiger partial charge is 0.364 e. The predicted molar refractivity (Wildman–Crippen MR) is 83.0 cm³/mol. The van der Waals surface area contributed by atoms with Crippen molar-refractivity contribution in [2.75, 3.05) is 5.32 Å². The molecule has 104 valence electrons. The number of pyridine rings is 2. The van der Waals surface area contributed by atoms with Crippen LogP contribution in [0.5, 0.6) is 0 Å². The number of hydrogen-bond acceptors (Lipinski definition) is 4. The first-order valence-electron chi connectivity index (χ1n) is 6.32. The number of aromatic nitrogens is 2. The Balaban J connectivity index is 2.09. The van der Waals surface area contributed by atoms with E-state index in [4.69, 9.17) is 0 Å². The zero-order valence-electron chi connectivity index (χ0n) is 11.7. The summed E-state index contributed by atoms with van der Waals surface area (Å²) in [6, 6.07) is 7.56. The highest BCUT2D eigenvalue weighted by Gasteiger charge is 2.06. The van der Waals surface area contributed by atoms with Gasteiger partial charge in [-0.1, -0.05) is 0 Å². The minimum atomic E-state index is 0.0414. The third-order valence-corrected chi connectivity index (χ3v) is 3.83. The van der Waals surface area contributed by atoms with Crippen LogP contribution in [-0.2, 0) is 6.54 Å². The van der Waals surface area contributed by atoms with Gasteiger partial charge in [0.25, 0.3) is 0 Å². The van der Waals surface area contributed by atoms with Crippen LogP contribution in [0.1, 0.15) is 34.4 Å². The van der Waals surface area contributed by atoms with Gasteiger partial charge in [-0.3, -0.25) is 9.78 Å². The maximum Gasteiger partial charge on any atom is 0.161 e. The van der Waals surface area contributed by atoms with E-state index in [9.17, 15) is 4.79 Å². The van der Waals surface area contributed by atoms with Crippen LogP contribution in [0.3, 0.4) is 0 Å². The Labute approximate surface area is 126 Å². The Morgan fingerprint density at radius 1 is 1.15 bits per heavy atom. The summed E-state index contributed by atoms with van der Waals surface area (Å²) in [7, 11) is 0. The van der Waals surface area contributed by atoms with Crippen LogP contribution in [0.15, 0.2) is 28.7 Å². The van der Waals surface area contributed by atoms with E-state index < -0.39 is 0 Å². The number of nitrogens with one attached hydrogen (secondary N) is 1. The molecule has 0 fully saturated rings. The van der Waals surface area contributed by atoms with E-state index in [1.54, 1.807) is 6.92 Å². The molecule has 0 unspecified atom stereocenters. The van der Waals surface area contributed by atoms with Crippen molar-refractivity contribution in [2.45, 2.75) is 27.3 Å². The molecular weight excluding hydrogens is 318 g/mol. The summed E-state index contributed by atoms with van der Waals surface area (Å²) >= 11 is 3.42. The smallest absolute Gasteiger partial charge is 0.161 e. The van der Waals surface area contributed by atoms with Gasteiger partial charge in [-0.15, -0.1) is 0 Å². The van der Waals surface area contributed by atoms with Crippen molar-refractivity contribution in [3.63, 3.8) is 0 Å². The average Bonchev–Trinajstić information content (AvgIpc) is 2.40. The summed E-state index contributed by atoms with van der Waals surface area (Å²) in [5.41, 5.74) is 3.25. The molecule has 2 heterocycles. The fourth-order valence-corrected chi connectivity index (χ4v) is 2.13. The van der Waals surface area contributed by atoms with Crippen molar-refractivity contribution in [1.29, 1.82) is 0 Å². The Kier molecular flexibility index (Phi) is 4.49.